The number of amides is 2. The molecule has 1 fully saturated rings. The van der Waals surface area contributed by atoms with Crippen LogP contribution < -0.4 is 10.6 Å². The number of carbonyl (C=O) groups is 2. The second kappa shape index (κ2) is 5.45. The monoisotopic (exact) mass is 273 g/mol. The first-order valence-electron chi connectivity index (χ1n) is 6.80. The lowest BCUT2D eigenvalue weighted by Gasteiger charge is -2.33. The summed E-state index contributed by atoms with van der Waals surface area (Å²) in [5.41, 5.74) is 0.781. The Hall–Kier alpha value is -2.17. The molecule has 0 atom stereocenters. The third-order valence-electron chi connectivity index (χ3n) is 3.78. The largest absolute Gasteiger partial charge is 0.295 e. The first kappa shape index (κ1) is 14.2. The van der Waals surface area contributed by atoms with Crippen molar-refractivity contribution in [1.29, 1.82) is 0 Å². The molecule has 0 radical (unpaired) electrons. The number of carbonyl (C=O) groups excluding carboxylic acids is 2. The number of nitrogens with one attached hydrogen (secondary N) is 2. The summed E-state index contributed by atoms with van der Waals surface area (Å²) in [4.78, 5) is 28.7. The molecule has 2 N–H and O–H groups in total. The molecule has 0 saturated carbocycles. The maximum Gasteiger partial charge on any atom is 0.242 e. The minimum Gasteiger partial charge on any atom is -0.295 e. The zero-order valence-electron chi connectivity index (χ0n) is 12.0. The Balaban J connectivity index is 2.27. The van der Waals surface area contributed by atoms with Gasteiger partial charge in [-0.05, 0) is 37.5 Å². The third kappa shape index (κ3) is 2.43. The molecule has 1 aliphatic heterocycles. The molecule has 1 aromatic rings. The van der Waals surface area contributed by atoms with Gasteiger partial charge in [0.2, 0.25) is 17.8 Å². The Morgan fingerprint density at radius 2 is 1.70 bits per heavy atom. The lowest BCUT2D eigenvalue weighted by atomic mass is 9.79. The van der Waals surface area contributed by atoms with Gasteiger partial charge in [0, 0.05) is 0 Å². The van der Waals surface area contributed by atoms with Gasteiger partial charge >= 0.3 is 0 Å². The predicted molar refractivity (Wildman–Crippen MR) is 77.6 cm³/mol. The summed E-state index contributed by atoms with van der Waals surface area (Å²) in [6.45, 7) is 5.64. The maximum absolute atomic E-state index is 12.2. The Kier molecular flexibility index (Phi) is 3.88. The number of benzene rings is 1. The summed E-state index contributed by atoms with van der Waals surface area (Å²) in [5, 5.41) is 5.37. The second-order valence-corrected chi connectivity index (χ2v) is 5.00. The number of hydrogen-bond donors (Lipinski definition) is 2. The van der Waals surface area contributed by atoms with E-state index in [1.54, 1.807) is 0 Å². The van der Waals surface area contributed by atoms with E-state index < -0.39 is 5.41 Å². The fraction of sp³-hybridized carbons (Fsp3) is 0.400. The lowest BCUT2D eigenvalue weighted by molar-refractivity contribution is -0.144. The molecular formula is C15H19N3O2. The topological polar surface area (TPSA) is 70.6 Å². The van der Waals surface area contributed by atoms with Crippen molar-refractivity contribution in [3.8, 4) is 0 Å². The zero-order valence-corrected chi connectivity index (χ0v) is 12.0. The van der Waals surface area contributed by atoms with E-state index in [0.29, 0.717) is 18.5 Å². The van der Waals surface area contributed by atoms with E-state index in [1.165, 1.54) is 0 Å². The highest BCUT2D eigenvalue weighted by atomic mass is 16.2. The van der Waals surface area contributed by atoms with E-state index in [1.807, 2.05) is 45.0 Å². The first-order valence-corrected chi connectivity index (χ1v) is 6.80. The number of nitrogens with zero attached hydrogens (tertiary/aromatic N) is 1. The van der Waals surface area contributed by atoms with E-state index in [4.69, 9.17) is 0 Å². The maximum atomic E-state index is 12.2. The smallest absolute Gasteiger partial charge is 0.242 e. The van der Waals surface area contributed by atoms with E-state index in [0.717, 1.165) is 5.56 Å². The van der Waals surface area contributed by atoms with E-state index in [2.05, 4.69) is 15.6 Å². The number of aryl methyl sites for hydroxylation is 1. The first-order chi connectivity index (χ1) is 9.51. The molecule has 5 nitrogen and oxygen atoms in total. The van der Waals surface area contributed by atoms with Gasteiger partial charge < -0.3 is 0 Å². The standard InChI is InChI=1S/C15H19N3O2/c1-4-15(5-2)12(19)17-14(18-13(15)20)16-11-8-6-7-10(3)9-11/h6-9H,4-5H2,1-3H3,(H2,16,17,18,19,20). The number of hydrogen-bond acceptors (Lipinski definition) is 3. The normalized spacial score (nSPS) is 17.4. The molecule has 5 heteroatoms. The van der Waals surface area contributed by atoms with Crippen molar-refractivity contribution >= 4 is 23.5 Å². The Labute approximate surface area is 118 Å². The fourth-order valence-corrected chi connectivity index (χ4v) is 2.36. The van der Waals surface area contributed by atoms with Crippen LogP contribution in [0, 0.1) is 12.3 Å². The number of rotatable bonds is 3. The van der Waals surface area contributed by atoms with Crippen LogP contribution in [0.15, 0.2) is 29.3 Å². The van der Waals surface area contributed by atoms with Crippen LogP contribution in [0.2, 0.25) is 0 Å². The summed E-state index contributed by atoms with van der Waals surface area (Å²) in [7, 11) is 0. The summed E-state index contributed by atoms with van der Waals surface area (Å²) in [6.07, 6.45) is 0.942. The molecule has 1 aliphatic rings. The second-order valence-electron chi connectivity index (χ2n) is 5.00. The average molecular weight is 273 g/mol. The van der Waals surface area contributed by atoms with E-state index >= 15 is 0 Å². The fourth-order valence-electron chi connectivity index (χ4n) is 2.36. The average Bonchev–Trinajstić information content (AvgIpc) is 2.39. The molecule has 1 saturated heterocycles. The van der Waals surface area contributed by atoms with Gasteiger partial charge in [0.1, 0.15) is 5.41 Å². The summed E-state index contributed by atoms with van der Waals surface area (Å²) in [5.74, 6) is -0.363. The van der Waals surface area contributed by atoms with E-state index in [9.17, 15) is 9.59 Å². The van der Waals surface area contributed by atoms with Crippen molar-refractivity contribution in [3.63, 3.8) is 0 Å². The SMILES string of the molecule is CCC1(CC)C(=O)NC(=Nc2cccc(C)c2)NC1=O. The van der Waals surface area contributed by atoms with Gasteiger partial charge in [-0.25, -0.2) is 4.99 Å². The van der Waals surface area contributed by atoms with Crippen LogP contribution in [0.25, 0.3) is 0 Å². The zero-order chi connectivity index (χ0) is 14.8. The lowest BCUT2D eigenvalue weighted by Crippen LogP contribution is -2.62. The highest BCUT2D eigenvalue weighted by Crippen LogP contribution is 2.29. The van der Waals surface area contributed by atoms with Crippen LogP contribution in [-0.4, -0.2) is 17.8 Å². The van der Waals surface area contributed by atoms with Crippen LogP contribution in [-0.2, 0) is 9.59 Å². The van der Waals surface area contributed by atoms with Crippen LogP contribution in [0.4, 0.5) is 5.69 Å². The van der Waals surface area contributed by atoms with Crippen LogP contribution in [0.1, 0.15) is 32.3 Å². The molecule has 2 amide bonds. The molecule has 0 spiro atoms. The van der Waals surface area contributed by atoms with Crippen molar-refractivity contribution < 1.29 is 9.59 Å². The number of aliphatic imine (C=N–C) groups is 1. The Morgan fingerprint density at radius 1 is 1.10 bits per heavy atom. The molecule has 1 heterocycles. The Morgan fingerprint density at radius 3 is 2.20 bits per heavy atom. The molecule has 1 aromatic carbocycles. The van der Waals surface area contributed by atoms with Gasteiger partial charge in [0.25, 0.3) is 0 Å². The molecule has 20 heavy (non-hydrogen) atoms. The molecule has 0 unspecified atom stereocenters. The van der Waals surface area contributed by atoms with E-state index in [-0.39, 0.29) is 17.8 Å². The summed E-state index contributed by atoms with van der Waals surface area (Å²) >= 11 is 0. The van der Waals surface area contributed by atoms with Crippen molar-refractivity contribution in [1.82, 2.24) is 10.6 Å². The van der Waals surface area contributed by atoms with Gasteiger partial charge in [-0.15, -0.1) is 0 Å². The summed E-state index contributed by atoms with van der Waals surface area (Å²) < 4.78 is 0. The van der Waals surface area contributed by atoms with Gasteiger partial charge in [-0.2, -0.15) is 0 Å². The molecule has 0 bridgehead atoms. The minimum atomic E-state index is -0.981. The molecule has 0 aromatic heterocycles. The van der Waals surface area contributed by atoms with Crippen LogP contribution >= 0.6 is 0 Å². The van der Waals surface area contributed by atoms with Gasteiger partial charge in [0.05, 0.1) is 5.69 Å². The summed E-state index contributed by atoms with van der Waals surface area (Å²) in [6, 6.07) is 7.54. The van der Waals surface area contributed by atoms with Gasteiger partial charge in [0.15, 0.2) is 0 Å². The molecule has 106 valence electrons. The van der Waals surface area contributed by atoms with Crippen molar-refractivity contribution in [2.45, 2.75) is 33.6 Å². The van der Waals surface area contributed by atoms with Crippen molar-refractivity contribution in [3.05, 3.63) is 29.8 Å². The van der Waals surface area contributed by atoms with Gasteiger partial charge in [-0.1, -0.05) is 26.0 Å². The van der Waals surface area contributed by atoms with Gasteiger partial charge in [-0.3, -0.25) is 20.2 Å². The molecule has 2 rings (SSSR count). The van der Waals surface area contributed by atoms with Crippen molar-refractivity contribution in [2.24, 2.45) is 10.4 Å². The quantitative estimate of drug-likeness (QED) is 0.827. The number of guanidine groups is 1. The minimum absolute atomic E-state index is 0.197. The highest BCUT2D eigenvalue weighted by Gasteiger charge is 2.46. The predicted octanol–water partition coefficient (Wildman–Crippen LogP) is 2.03. The molecule has 0 aliphatic carbocycles. The third-order valence-corrected chi connectivity index (χ3v) is 3.78. The highest BCUT2D eigenvalue weighted by molar-refractivity contribution is 6.20. The van der Waals surface area contributed by atoms with Crippen LogP contribution in [0.5, 0.6) is 0 Å². The van der Waals surface area contributed by atoms with Crippen LogP contribution in [0.3, 0.4) is 0 Å². The van der Waals surface area contributed by atoms with Crippen molar-refractivity contribution in [2.75, 3.05) is 0 Å². The molecular weight excluding hydrogens is 254 g/mol. The Bertz CT molecular complexity index is 552.